The van der Waals surface area contributed by atoms with Crippen molar-refractivity contribution in [2.24, 2.45) is 0 Å². The highest BCUT2D eigenvalue weighted by molar-refractivity contribution is 5.92. The lowest BCUT2D eigenvalue weighted by Gasteiger charge is -2.13. The van der Waals surface area contributed by atoms with Gasteiger partial charge in [-0.1, -0.05) is 23.8 Å². The molecule has 0 aliphatic heterocycles. The van der Waals surface area contributed by atoms with E-state index in [4.69, 9.17) is 13.9 Å². The molecule has 1 N–H and O–H groups in total. The number of anilines is 1. The third-order valence-electron chi connectivity index (χ3n) is 4.85. The molecule has 0 aliphatic rings. The summed E-state index contributed by atoms with van der Waals surface area (Å²) in [6.07, 6.45) is 0. The van der Waals surface area contributed by atoms with Crippen LogP contribution in [0.3, 0.4) is 0 Å². The van der Waals surface area contributed by atoms with Crippen LogP contribution in [0, 0.1) is 12.7 Å². The zero-order valence-electron chi connectivity index (χ0n) is 17.5. The monoisotopic (exact) mass is 433 g/mol. The standard InChI is InChI=1S/C25H20FNO5/c1-15-7-12-21-18(13-15)23(29)25(24(32-21)16-8-10-17(30-2)11-9-16)31-14-22(28)27-20-6-4-3-5-19(20)26/h3-13H,14H2,1-2H3,(H,27,28). The van der Waals surface area contributed by atoms with Gasteiger partial charge < -0.3 is 19.2 Å². The number of hydrogen-bond acceptors (Lipinski definition) is 5. The minimum absolute atomic E-state index is 0.0256. The van der Waals surface area contributed by atoms with Crippen LogP contribution in [0.15, 0.2) is 75.9 Å². The van der Waals surface area contributed by atoms with Crippen molar-refractivity contribution >= 4 is 22.6 Å². The molecule has 1 aromatic heterocycles. The highest BCUT2D eigenvalue weighted by Crippen LogP contribution is 2.32. The number of para-hydroxylation sites is 1. The van der Waals surface area contributed by atoms with Gasteiger partial charge in [-0.2, -0.15) is 0 Å². The van der Waals surface area contributed by atoms with Crippen molar-refractivity contribution in [1.29, 1.82) is 0 Å². The van der Waals surface area contributed by atoms with E-state index in [1.807, 2.05) is 13.0 Å². The zero-order chi connectivity index (χ0) is 22.7. The van der Waals surface area contributed by atoms with Crippen LogP contribution in [0.25, 0.3) is 22.3 Å². The third kappa shape index (κ3) is 4.32. The number of carbonyl (C=O) groups excluding carboxylic acids is 1. The van der Waals surface area contributed by atoms with E-state index < -0.39 is 23.8 Å². The van der Waals surface area contributed by atoms with E-state index in [0.29, 0.717) is 22.3 Å². The normalized spacial score (nSPS) is 10.7. The molecule has 0 saturated heterocycles. The molecule has 4 aromatic rings. The fourth-order valence-electron chi connectivity index (χ4n) is 3.24. The molecule has 0 bridgehead atoms. The van der Waals surface area contributed by atoms with Crippen LogP contribution in [0.4, 0.5) is 10.1 Å². The van der Waals surface area contributed by atoms with Crippen molar-refractivity contribution in [3.63, 3.8) is 0 Å². The summed E-state index contributed by atoms with van der Waals surface area (Å²) in [5.41, 5.74) is 1.48. The first-order valence-electron chi connectivity index (χ1n) is 9.85. The van der Waals surface area contributed by atoms with E-state index in [1.54, 1.807) is 49.6 Å². The molecule has 0 saturated carbocycles. The highest BCUT2D eigenvalue weighted by Gasteiger charge is 2.19. The summed E-state index contributed by atoms with van der Waals surface area (Å²) in [6, 6.07) is 17.9. The molecule has 162 valence electrons. The number of nitrogens with one attached hydrogen (secondary N) is 1. The van der Waals surface area contributed by atoms with Gasteiger partial charge in [0, 0.05) is 5.56 Å². The number of halogens is 1. The third-order valence-corrected chi connectivity index (χ3v) is 4.85. The van der Waals surface area contributed by atoms with Crippen LogP contribution in [-0.2, 0) is 4.79 Å². The molecule has 1 amide bonds. The zero-order valence-corrected chi connectivity index (χ0v) is 17.5. The summed E-state index contributed by atoms with van der Waals surface area (Å²) in [5.74, 6) is -0.455. The fourth-order valence-corrected chi connectivity index (χ4v) is 3.24. The molecule has 4 rings (SSSR count). The van der Waals surface area contributed by atoms with E-state index in [0.717, 1.165) is 5.56 Å². The predicted octanol–water partition coefficient (Wildman–Crippen LogP) is 4.93. The number of aryl methyl sites for hydroxylation is 1. The Balaban J connectivity index is 1.70. The molecule has 1 heterocycles. The molecular weight excluding hydrogens is 413 g/mol. The maximum absolute atomic E-state index is 13.8. The lowest BCUT2D eigenvalue weighted by molar-refractivity contribution is -0.118. The van der Waals surface area contributed by atoms with E-state index >= 15 is 0 Å². The number of amides is 1. The number of methoxy groups -OCH3 is 1. The lowest BCUT2D eigenvalue weighted by Crippen LogP contribution is -2.23. The van der Waals surface area contributed by atoms with Gasteiger partial charge in [-0.25, -0.2) is 4.39 Å². The van der Waals surface area contributed by atoms with Crippen molar-refractivity contribution in [2.45, 2.75) is 6.92 Å². The largest absolute Gasteiger partial charge is 0.497 e. The average molecular weight is 433 g/mol. The van der Waals surface area contributed by atoms with E-state index in [9.17, 15) is 14.0 Å². The van der Waals surface area contributed by atoms with Crippen molar-refractivity contribution in [3.8, 4) is 22.8 Å². The molecule has 0 aliphatic carbocycles. The smallest absolute Gasteiger partial charge is 0.262 e. The number of carbonyl (C=O) groups is 1. The number of rotatable bonds is 6. The maximum atomic E-state index is 13.8. The van der Waals surface area contributed by atoms with Crippen LogP contribution in [0.1, 0.15) is 5.56 Å². The Morgan fingerprint density at radius 1 is 1.06 bits per heavy atom. The van der Waals surface area contributed by atoms with Crippen LogP contribution < -0.4 is 20.2 Å². The van der Waals surface area contributed by atoms with Crippen molar-refractivity contribution in [3.05, 3.63) is 88.3 Å². The minimum atomic E-state index is -0.612. The van der Waals surface area contributed by atoms with Crippen LogP contribution >= 0.6 is 0 Å². The van der Waals surface area contributed by atoms with E-state index in [1.165, 1.54) is 18.2 Å². The number of hydrogen-bond donors (Lipinski definition) is 1. The Kier molecular flexibility index (Phi) is 5.89. The average Bonchev–Trinajstić information content (AvgIpc) is 2.80. The first-order chi connectivity index (χ1) is 15.5. The summed E-state index contributed by atoms with van der Waals surface area (Å²) in [7, 11) is 1.55. The summed E-state index contributed by atoms with van der Waals surface area (Å²) in [6.45, 7) is 1.36. The molecule has 6 nitrogen and oxygen atoms in total. The Hall–Kier alpha value is -4.13. The topological polar surface area (TPSA) is 77.8 Å². The van der Waals surface area contributed by atoms with E-state index in [-0.39, 0.29) is 17.2 Å². The Morgan fingerprint density at radius 2 is 1.81 bits per heavy atom. The second-order valence-electron chi connectivity index (χ2n) is 7.13. The van der Waals surface area contributed by atoms with Crippen molar-refractivity contribution < 1.29 is 23.1 Å². The molecular formula is C25H20FNO5. The lowest BCUT2D eigenvalue weighted by atomic mass is 10.1. The molecule has 3 aromatic carbocycles. The van der Waals surface area contributed by atoms with Crippen LogP contribution in [-0.4, -0.2) is 19.6 Å². The van der Waals surface area contributed by atoms with Gasteiger partial charge in [-0.3, -0.25) is 9.59 Å². The van der Waals surface area contributed by atoms with Crippen LogP contribution in [0.2, 0.25) is 0 Å². The SMILES string of the molecule is COc1ccc(-c2oc3ccc(C)cc3c(=O)c2OCC(=O)Nc2ccccc2F)cc1. The molecule has 0 radical (unpaired) electrons. The number of benzene rings is 3. The Morgan fingerprint density at radius 3 is 2.53 bits per heavy atom. The van der Waals surface area contributed by atoms with Gasteiger partial charge in [0.1, 0.15) is 17.1 Å². The van der Waals surface area contributed by atoms with Gasteiger partial charge in [0.15, 0.2) is 12.4 Å². The maximum Gasteiger partial charge on any atom is 0.262 e. The second kappa shape index (κ2) is 8.93. The van der Waals surface area contributed by atoms with Crippen molar-refractivity contribution in [1.82, 2.24) is 0 Å². The summed E-state index contributed by atoms with van der Waals surface area (Å²) >= 11 is 0. The Labute approximate surface area is 183 Å². The van der Waals surface area contributed by atoms with Gasteiger partial charge in [0.2, 0.25) is 11.2 Å². The molecule has 0 spiro atoms. The van der Waals surface area contributed by atoms with Gasteiger partial charge in [0.05, 0.1) is 18.2 Å². The number of ether oxygens (including phenoxy) is 2. The minimum Gasteiger partial charge on any atom is -0.497 e. The predicted molar refractivity (Wildman–Crippen MR) is 120 cm³/mol. The van der Waals surface area contributed by atoms with E-state index in [2.05, 4.69) is 5.32 Å². The second-order valence-corrected chi connectivity index (χ2v) is 7.13. The summed E-state index contributed by atoms with van der Waals surface area (Å²) in [4.78, 5) is 25.6. The van der Waals surface area contributed by atoms with Gasteiger partial charge in [0.25, 0.3) is 5.91 Å². The highest BCUT2D eigenvalue weighted by atomic mass is 19.1. The first kappa shape index (κ1) is 21.1. The van der Waals surface area contributed by atoms with Gasteiger partial charge in [-0.15, -0.1) is 0 Å². The van der Waals surface area contributed by atoms with Gasteiger partial charge >= 0.3 is 0 Å². The van der Waals surface area contributed by atoms with Crippen molar-refractivity contribution in [2.75, 3.05) is 19.0 Å². The quantitative estimate of drug-likeness (QED) is 0.466. The summed E-state index contributed by atoms with van der Waals surface area (Å²) in [5, 5.41) is 2.77. The fraction of sp³-hybridized carbons (Fsp3) is 0.120. The molecule has 32 heavy (non-hydrogen) atoms. The van der Waals surface area contributed by atoms with Crippen LogP contribution in [0.5, 0.6) is 11.5 Å². The first-order valence-corrected chi connectivity index (χ1v) is 9.85. The van der Waals surface area contributed by atoms with Gasteiger partial charge in [-0.05, 0) is 55.5 Å². The molecule has 0 atom stereocenters. The molecule has 0 unspecified atom stereocenters. The molecule has 7 heteroatoms. The number of fused-ring (bicyclic) bond motifs is 1. The summed E-state index contributed by atoms with van der Waals surface area (Å²) < 4.78 is 30.6. The Bertz CT molecular complexity index is 1350. The molecule has 0 fully saturated rings.